The number of rotatable bonds is 4. The molecule has 2 fully saturated rings. The minimum atomic E-state index is -3.13. The zero-order chi connectivity index (χ0) is 23.0. The standard InChI is InChI=1S/C21H29N3O5S2/c1-13(2)14-6-8-15(9-7-14)24-16-11-31(27,28)12-17(16)30-19(24)23-18(25)10-22-20(26)29-21(3,4)5/h6-9,13,16-17H,10-12H2,1-5H3,(H,22,26)/t16-,17+/m0/s1. The number of ether oxygens (including phenoxy) is 1. The Morgan fingerprint density at radius 1 is 1.23 bits per heavy atom. The zero-order valence-electron chi connectivity index (χ0n) is 18.4. The molecule has 2 saturated heterocycles. The molecule has 0 bridgehead atoms. The number of fused-ring (bicyclic) bond motifs is 1. The molecular formula is C21H29N3O5S2. The second kappa shape index (κ2) is 8.82. The number of amides is 2. The zero-order valence-corrected chi connectivity index (χ0v) is 20.0. The Morgan fingerprint density at radius 3 is 2.45 bits per heavy atom. The largest absolute Gasteiger partial charge is 0.444 e. The maximum atomic E-state index is 12.4. The van der Waals surface area contributed by atoms with Crippen molar-refractivity contribution >= 4 is 44.5 Å². The molecule has 1 aromatic rings. The Labute approximate surface area is 187 Å². The molecule has 2 atom stereocenters. The highest BCUT2D eigenvalue weighted by atomic mass is 32.2. The van der Waals surface area contributed by atoms with E-state index in [4.69, 9.17) is 4.74 Å². The number of carbonyl (C=O) groups excluding carboxylic acids is 2. The third kappa shape index (κ3) is 6.00. The number of hydrogen-bond acceptors (Lipinski definition) is 6. The summed E-state index contributed by atoms with van der Waals surface area (Å²) in [4.78, 5) is 30.2. The molecule has 2 aliphatic rings. The van der Waals surface area contributed by atoms with Gasteiger partial charge >= 0.3 is 6.09 Å². The SMILES string of the molecule is CC(C)c1ccc(N2C(=NC(=O)CNC(=O)OC(C)(C)C)S[C@@H]3CS(=O)(=O)C[C@@H]32)cc1. The second-order valence-corrected chi connectivity index (χ2v) is 12.4. The van der Waals surface area contributed by atoms with Crippen LogP contribution in [0.4, 0.5) is 10.5 Å². The fourth-order valence-electron chi connectivity index (χ4n) is 3.49. The highest BCUT2D eigenvalue weighted by Crippen LogP contribution is 2.41. The first-order valence-corrected chi connectivity index (χ1v) is 12.9. The molecule has 0 unspecified atom stereocenters. The topological polar surface area (TPSA) is 105 Å². The Kier molecular flexibility index (Phi) is 6.71. The van der Waals surface area contributed by atoms with Crippen LogP contribution >= 0.6 is 11.8 Å². The molecule has 3 rings (SSSR count). The number of carbonyl (C=O) groups is 2. The van der Waals surface area contributed by atoms with Crippen LogP contribution in [0, 0.1) is 0 Å². The lowest BCUT2D eigenvalue weighted by Crippen LogP contribution is -2.38. The molecule has 8 nitrogen and oxygen atoms in total. The minimum Gasteiger partial charge on any atom is -0.444 e. The van der Waals surface area contributed by atoms with Gasteiger partial charge in [0.2, 0.25) is 0 Å². The van der Waals surface area contributed by atoms with Crippen LogP contribution < -0.4 is 10.2 Å². The van der Waals surface area contributed by atoms with Gasteiger partial charge in [-0.05, 0) is 44.4 Å². The molecule has 170 valence electrons. The number of nitrogens with one attached hydrogen (secondary N) is 1. The summed E-state index contributed by atoms with van der Waals surface area (Å²) < 4.78 is 29.5. The number of benzene rings is 1. The lowest BCUT2D eigenvalue weighted by molar-refractivity contribution is -0.117. The summed E-state index contributed by atoms with van der Waals surface area (Å²) in [5.41, 5.74) is 1.30. The summed E-state index contributed by atoms with van der Waals surface area (Å²) in [6.07, 6.45) is -0.691. The smallest absolute Gasteiger partial charge is 0.408 e. The quantitative estimate of drug-likeness (QED) is 0.726. The van der Waals surface area contributed by atoms with E-state index in [1.54, 1.807) is 20.8 Å². The third-order valence-electron chi connectivity index (χ3n) is 4.91. The molecule has 0 saturated carbocycles. The summed E-state index contributed by atoms with van der Waals surface area (Å²) in [6, 6.07) is 7.60. The van der Waals surface area contributed by atoms with Crippen LogP contribution in [0.1, 0.15) is 46.1 Å². The summed E-state index contributed by atoms with van der Waals surface area (Å²) in [6.45, 7) is 9.11. The van der Waals surface area contributed by atoms with Crippen LogP contribution in [0.5, 0.6) is 0 Å². The molecule has 0 aromatic heterocycles. The van der Waals surface area contributed by atoms with Crippen LogP contribution in [0.2, 0.25) is 0 Å². The Hall–Kier alpha value is -2.07. The van der Waals surface area contributed by atoms with Gasteiger partial charge in [0.05, 0.1) is 17.5 Å². The van der Waals surface area contributed by atoms with E-state index in [0.29, 0.717) is 11.1 Å². The van der Waals surface area contributed by atoms with Crippen LogP contribution in [-0.4, -0.2) is 60.5 Å². The Bertz CT molecular complexity index is 981. The number of amidine groups is 1. The van der Waals surface area contributed by atoms with Crippen molar-refractivity contribution < 1.29 is 22.7 Å². The molecule has 0 radical (unpaired) electrons. The molecule has 1 N–H and O–H groups in total. The number of sulfone groups is 1. The van der Waals surface area contributed by atoms with Crippen molar-refractivity contribution in [3.8, 4) is 0 Å². The Morgan fingerprint density at radius 2 is 1.87 bits per heavy atom. The average molecular weight is 468 g/mol. The maximum Gasteiger partial charge on any atom is 0.408 e. The lowest BCUT2D eigenvalue weighted by Gasteiger charge is -2.25. The number of alkyl carbamates (subject to hydrolysis) is 1. The predicted octanol–water partition coefficient (Wildman–Crippen LogP) is 2.94. The van der Waals surface area contributed by atoms with Gasteiger partial charge in [-0.3, -0.25) is 4.79 Å². The first-order chi connectivity index (χ1) is 14.3. The van der Waals surface area contributed by atoms with Crippen molar-refractivity contribution in [2.75, 3.05) is 23.0 Å². The van der Waals surface area contributed by atoms with Crippen LogP contribution in [-0.2, 0) is 19.4 Å². The van der Waals surface area contributed by atoms with Crippen molar-refractivity contribution in [1.29, 1.82) is 0 Å². The molecule has 31 heavy (non-hydrogen) atoms. The fraction of sp³-hybridized carbons (Fsp3) is 0.571. The normalized spacial score (nSPS) is 23.8. The van der Waals surface area contributed by atoms with Gasteiger partial charge in [0.25, 0.3) is 5.91 Å². The van der Waals surface area contributed by atoms with Gasteiger partial charge in [0, 0.05) is 10.9 Å². The third-order valence-corrected chi connectivity index (χ3v) is 8.12. The molecule has 2 amide bonds. The summed E-state index contributed by atoms with van der Waals surface area (Å²) in [5.74, 6) is -0.0676. The van der Waals surface area contributed by atoms with Crippen molar-refractivity contribution in [3.63, 3.8) is 0 Å². The second-order valence-electron chi connectivity index (χ2n) is 9.06. The number of thioether (sulfide) groups is 1. The van der Waals surface area contributed by atoms with E-state index in [9.17, 15) is 18.0 Å². The minimum absolute atomic E-state index is 0.0277. The van der Waals surface area contributed by atoms with Crippen molar-refractivity contribution in [3.05, 3.63) is 29.8 Å². The van der Waals surface area contributed by atoms with E-state index in [1.807, 2.05) is 29.2 Å². The monoisotopic (exact) mass is 467 g/mol. The van der Waals surface area contributed by atoms with Crippen LogP contribution in [0.15, 0.2) is 29.3 Å². The molecule has 1 aromatic carbocycles. The van der Waals surface area contributed by atoms with Gasteiger partial charge in [0.1, 0.15) is 12.1 Å². The number of nitrogens with zero attached hydrogens (tertiary/aromatic N) is 2. The molecule has 2 heterocycles. The predicted molar refractivity (Wildman–Crippen MR) is 124 cm³/mol. The van der Waals surface area contributed by atoms with Gasteiger partial charge in [-0.1, -0.05) is 37.7 Å². The number of aliphatic imine (C=N–C) groups is 1. The maximum absolute atomic E-state index is 12.4. The molecule has 0 aliphatic carbocycles. The molecular weight excluding hydrogens is 438 g/mol. The van der Waals surface area contributed by atoms with E-state index < -0.39 is 27.4 Å². The summed E-state index contributed by atoms with van der Waals surface area (Å²) in [7, 11) is -3.13. The highest BCUT2D eigenvalue weighted by Gasteiger charge is 2.49. The molecule has 2 aliphatic heterocycles. The molecule has 10 heteroatoms. The van der Waals surface area contributed by atoms with E-state index in [1.165, 1.54) is 17.3 Å². The number of anilines is 1. The van der Waals surface area contributed by atoms with E-state index >= 15 is 0 Å². The lowest BCUT2D eigenvalue weighted by atomic mass is 10.0. The highest BCUT2D eigenvalue weighted by molar-refractivity contribution is 8.16. The van der Waals surface area contributed by atoms with Gasteiger partial charge in [-0.2, -0.15) is 4.99 Å². The average Bonchev–Trinajstić information content (AvgIpc) is 3.09. The Balaban J connectivity index is 1.79. The van der Waals surface area contributed by atoms with Crippen LogP contribution in [0.3, 0.4) is 0 Å². The molecule has 0 spiro atoms. The van der Waals surface area contributed by atoms with Gasteiger partial charge in [-0.15, -0.1) is 0 Å². The van der Waals surface area contributed by atoms with Crippen molar-refractivity contribution in [2.45, 2.75) is 57.4 Å². The van der Waals surface area contributed by atoms with Gasteiger partial charge in [-0.25, -0.2) is 13.2 Å². The summed E-state index contributed by atoms with van der Waals surface area (Å²) in [5, 5.41) is 2.69. The van der Waals surface area contributed by atoms with Crippen molar-refractivity contribution in [2.24, 2.45) is 4.99 Å². The first kappa shape index (κ1) is 23.6. The van der Waals surface area contributed by atoms with E-state index in [-0.39, 0.29) is 29.3 Å². The fourth-order valence-corrected chi connectivity index (χ4v) is 7.43. The van der Waals surface area contributed by atoms with E-state index in [0.717, 1.165) is 5.69 Å². The van der Waals surface area contributed by atoms with E-state index in [2.05, 4.69) is 24.2 Å². The van der Waals surface area contributed by atoms with Crippen molar-refractivity contribution in [1.82, 2.24) is 5.32 Å². The van der Waals surface area contributed by atoms with Crippen LogP contribution in [0.25, 0.3) is 0 Å². The first-order valence-electron chi connectivity index (χ1n) is 10.2. The van der Waals surface area contributed by atoms with Gasteiger partial charge < -0.3 is 15.0 Å². The van der Waals surface area contributed by atoms with Gasteiger partial charge in [0.15, 0.2) is 15.0 Å². The summed E-state index contributed by atoms with van der Waals surface area (Å²) >= 11 is 1.30. The number of hydrogen-bond donors (Lipinski definition) is 1.